The summed E-state index contributed by atoms with van der Waals surface area (Å²) in [5.74, 6) is 0.128. The van der Waals surface area contributed by atoms with E-state index in [0.717, 1.165) is 13.0 Å². The molecule has 0 rings (SSSR count). The van der Waals surface area contributed by atoms with Gasteiger partial charge in [0.05, 0.1) is 0 Å². The van der Waals surface area contributed by atoms with E-state index in [1.54, 1.807) is 6.92 Å². The maximum absolute atomic E-state index is 11.0. The monoisotopic (exact) mass is 274 g/mol. The highest BCUT2D eigenvalue weighted by molar-refractivity contribution is 6.94. The zero-order valence-corrected chi connectivity index (χ0v) is 14.7. The van der Waals surface area contributed by atoms with E-state index in [4.69, 9.17) is 4.74 Å². The number of ether oxygens (including phenoxy) is 1. The summed E-state index contributed by atoms with van der Waals surface area (Å²) in [4.78, 5) is 11.0. The van der Waals surface area contributed by atoms with E-state index in [0.29, 0.717) is 0 Å². The third kappa shape index (κ3) is 9.74. The molecule has 0 saturated carbocycles. The summed E-state index contributed by atoms with van der Waals surface area (Å²) in [6.07, 6.45) is 0.887. The molecule has 0 aliphatic carbocycles. The number of carbonyl (C=O) groups is 1. The van der Waals surface area contributed by atoms with E-state index < -0.39 is 16.1 Å². The second-order valence-corrected chi connectivity index (χ2v) is 18.5. The van der Waals surface area contributed by atoms with Gasteiger partial charge in [-0.2, -0.15) is 0 Å². The number of Topliss-reactive ketones (excluding diaryl/α,β-unsaturated/α-hetero) is 1. The molecule has 0 bridgehead atoms. The van der Waals surface area contributed by atoms with Crippen LogP contribution in [-0.2, 0) is 9.53 Å². The summed E-state index contributed by atoms with van der Waals surface area (Å²) in [6.45, 7) is 16.5. The third-order valence-corrected chi connectivity index (χ3v) is 12.7. The average Bonchev–Trinajstić information content (AvgIpc) is 2.07. The fourth-order valence-electron chi connectivity index (χ4n) is 2.45. The van der Waals surface area contributed by atoms with E-state index >= 15 is 0 Å². The van der Waals surface area contributed by atoms with Crippen LogP contribution in [0.1, 0.15) is 20.3 Å². The van der Waals surface area contributed by atoms with Gasteiger partial charge in [-0.15, -0.1) is 0 Å². The Morgan fingerprint density at radius 3 is 2.12 bits per heavy atom. The zero-order valence-electron chi connectivity index (χ0n) is 12.7. The molecule has 4 heteroatoms. The fourth-order valence-corrected chi connectivity index (χ4v) is 15.7. The van der Waals surface area contributed by atoms with Crippen LogP contribution >= 0.6 is 0 Å². The standard InChI is InChI=1S/C13H30O2Si2/c1-12(14)13(2)15-9-8-10-17(6,7)11-16(3,4)5/h13H,8-11H2,1-7H3/t13-/m0/s1. The summed E-state index contributed by atoms with van der Waals surface area (Å²) >= 11 is 0. The Hall–Kier alpha value is 0.0638. The van der Waals surface area contributed by atoms with Crippen LogP contribution < -0.4 is 0 Å². The van der Waals surface area contributed by atoms with E-state index in [1.807, 2.05) is 6.92 Å². The zero-order chi connectivity index (χ0) is 13.7. The quantitative estimate of drug-likeness (QED) is 0.495. The van der Waals surface area contributed by atoms with E-state index in [-0.39, 0.29) is 11.9 Å². The predicted molar refractivity (Wildman–Crippen MR) is 81.2 cm³/mol. The fraction of sp³-hybridized carbons (Fsp3) is 0.923. The van der Waals surface area contributed by atoms with Crippen molar-refractivity contribution in [2.45, 2.75) is 70.8 Å². The van der Waals surface area contributed by atoms with Crippen molar-refractivity contribution in [2.24, 2.45) is 0 Å². The van der Waals surface area contributed by atoms with Gasteiger partial charge < -0.3 is 4.74 Å². The number of hydrogen-bond donors (Lipinski definition) is 0. The van der Waals surface area contributed by atoms with Gasteiger partial charge in [0.2, 0.25) is 0 Å². The summed E-state index contributed by atoms with van der Waals surface area (Å²) in [7, 11) is -1.97. The van der Waals surface area contributed by atoms with Crippen molar-refractivity contribution in [3.05, 3.63) is 0 Å². The molecule has 17 heavy (non-hydrogen) atoms. The summed E-state index contributed by atoms with van der Waals surface area (Å²) in [5, 5.41) is 0. The molecule has 2 nitrogen and oxygen atoms in total. The first-order valence-corrected chi connectivity index (χ1v) is 13.8. The maximum Gasteiger partial charge on any atom is 0.158 e. The Morgan fingerprint density at radius 2 is 1.71 bits per heavy atom. The molecule has 102 valence electrons. The number of carbonyl (C=O) groups excluding carboxylic acids is 1. The highest BCUT2D eigenvalue weighted by Crippen LogP contribution is 2.24. The normalized spacial score (nSPS) is 14.8. The van der Waals surface area contributed by atoms with Crippen LogP contribution in [0.2, 0.25) is 44.4 Å². The van der Waals surface area contributed by atoms with Crippen molar-refractivity contribution in [3.8, 4) is 0 Å². The first-order valence-electron chi connectivity index (χ1n) is 6.66. The minimum atomic E-state index is -1.04. The molecule has 1 atom stereocenters. The lowest BCUT2D eigenvalue weighted by Crippen LogP contribution is -2.37. The molecule has 0 aromatic carbocycles. The van der Waals surface area contributed by atoms with Gasteiger partial charge in [0.15, 0.2) is 5.78 Å². The molecule has 0 fully saturated rings. The number of hydrogen-bond acceptors (Lipinski definition) is 2. The summed E-state index contributed by atoms with van der Waals surface area (Å²) in [5.41, 5.74) is 1.49. The number of rotatable bonds is 8. The van der Waals surface area contributed by atoms with Gasteiger partial charge in [-0.3, -0.25) is 4.79 Å². The van der Waals surface area contributed by atoms with Gasteiger partial charge in [-0.25, -0.2) is 0 Å². The highest BCUT2D eigenvalue weighted by Gasteiger charge is 2.27. The van der Waals surface area contributed by atoms with Crippen LogP contribution in [-0.4, -0.2) is 34.6 Å². The SMILES string of the molecule is CC(=O)[C@H](C)OCCC[Si](C)(C)C[Si](C)(C)C. The molecule has 0 N–H and O–H groups in total. The molecule has 0 aromatic heterocycles. The Kier molecular flexibility index (Phi) is 6.88. The lowest BCUT2D eigenvalue weighted by atomic mass is 10.3. The van der Waals surface area contributed by atoms with E-state index in [9.17, 15) is 4.79 Å². The first-order chi connectivity index (χ1) is 7.53. The van der Waals surface area contributed by atoms with Crippen LogP contribution in [0.4, 0.5) is 0 Å². The van der Waals surface area contributed by atoms with Crippen molar-refractivity contribution in [1.82, 2.24) is 0 Å². The molecular weight excluding hydrogens is 244 g/mol. The van der Waals surface area contributed by atoms with Crippen molar-refractivity contribution in [1.29, 1.82) is 0 Å². The molecule has 0 heterocycles. The highest BCUT2D eigenvalue weighted by atomic mass is 28.4. The Balaban J connectivity index is 3.84. The molecule has 0 aromatic rings. The summed E-state index contributed by atoms with van der Waals surface area (Å²) < 4.78 is 5.51. The van der Waals surface area contributed by atoms with Crippen LogP contribution in [0.3, 0.4) is 0 Å². The summed E-state index contributed by atoms with van der Waals surface area (Å²) in [6, 6.07) is 1.32. The molecule has 0 spiro atoms. The van der Waals surface area contributed by atoms with Gasteiger partial charge in [0, 0.05) is 22.8 Å². The largest absolute Gasteiger partial charge is 0.371 e. The lowest BCUT2D eigenvalue weighted by Gasteiger charge is -2.29. The van der Waals surface area contributed by atoms with Gasteiger partial charge in [0.25, 0.3) is 0 Å². The van der Waals surface area contributed by atoms with Gasteiger partial charge in [-0.05, 0) is 20.3 Å². The molecule has 0 amide bonds. The van der Waals surface area contributed by atoms with E-state index in [1.165, 1.54) is 11.7 Å². The smallest absolute Gasteiger partial charge is 0.158 e. The lowest BCUT2D eigenvalue weighted by molar-refractivity contribution is -0.127. The Labute approximate surface area is 109 Å². The minimum absolute atomic E-state index is 0.128. The van der Waals surface area contributed by atoms with Crippen molar-refractivity contribution >= 4 is 21.9 Å². The van der Waals surface area contributed by atoms with Crippen molar-refractivity contribution in [2.75, 3.05) is 6.61 Å². The minimum Gasteiger partial charge on any atom is -0.371 e. The van der Waals surface area contributed by atoms with Crippen molar-refractivity contribution in [3.63, 3.8) is 0 Å². The Bertz CT molecular complexity index is 244. The molecule has 0 aliphatic rings. The predicted octanol–water partition coefficient (Wildman–Crippen LogP) is 3.96. The Morgan fingerprint density at radius 1 is 1.18 bits per heavy atom. The van der Waals surface area contributed by atoms with Gasteiger partial charge in [-0.1, -0.05) is 44.4 Å². The molecule has 0 radical (unpaired) electrons. The molecule has 0 saturated heterocycles. The van der Waals surface area contributed by atoms with Crippen LogP contribution in [0.5, 0.6) is 0 Å². The van der Waals surface area contributed by atoms with Crippen LogP contribution in [0.15, 0.2) is 0 Å². The molecule has 0 aliphatic heterocycles. The van der Waals surface area contributed by atoms with Crippen LogP contribution in [0.25, 0.3) is 0 Å². The average molecular weight is 275 g/mol. The topological polar surface area (TPSA) is 26.3 Å². The second-order valence-electron chi connectivity index (χ2n) is 7.13. The van der Waals surface area contributed by atoms with Gasteiger partial charge >= 0.3 is 0 Å². The van der Waals surface area contributed by atoms with Crippen molar-refractivity contribution < 1.29 is 9.53 Å². The van der Waals surface area contributed by atoms with E-state index in [2.05, 4.69) is 32.7 Å². The third-order valence-electron chi connectivity index (χ3n) is 2.95. The van der Waals surface area contributed by atoms with Crippen LogP contribution in [0, 0.1) is 0 Å². The maximum atomic E-state index is 11.0. The van der Waals surface area contributed by atoms with Gasteiger partial charge in [0.1, 0.15) is 6.10 Å². The second kappa shape index (κ2) is 6.85. The molecular formula is C13H30O2Si2. The number of ketones is 1. The molecule has 0 unspecified atom stereocenters. The first kappa shape index (κ1) is 17.1.